The first-order valence-corrected chi connectivity index (χ1v) is 4.89. The molecule has 0 saturated heterocycles. The van der Waals surface area contributed by atoms with Crippen molar-refractivity contribution in [3.8, 4) is 0 Å². The van der Waals surface area contributed by atoms with E-state index in [1.165, 1.54) is 0 Å². The van der Waals surface area contributed by atoms with E-state index in [9.17, 15) is 4.79 Å². The first kappa shape index (κ1) is 11.7. The molecule has 0 rings (SSSR count). The van der Waals surface area contributed by atoms with Gasteiger partial charge in [0.2, 0.25) is 0 Å². The highest BCUT2D eigenvalue weighted by Crippen LogP contribution is 2.03. The summed E-state index contributed by atoms with van der Waals surface area (Å²) in [5, 5.41) is 0. The highest BCUT2D eigenvalue weighted by atomic mass is 127. The van der Waals surface area contributed by atoms with Crippen LogP contribution in [0.15, 0.2) is 12.2 Å². The van der Waals surface area contributed by atoms with E-state index >= 15 is 0 Å². The Morgan fingerprint density at radius 1 is 1.67 bits per heavy atom. The maximum absolute atomic E-state index is 10.8. The van der Waals surface area contributed by atoms with Gasteiger partial charge in [0.1, 0.15) is 0 Å². The number of carbonyl (C=O) groups excluding carboxylic acids is 1. The van der Waals surface area contributed by atoms with Crippen molar-refractivity contribution in [2.45, 2.75) is 24.4 Å². The standard InChI is InChI=1S/C8H13IO3/c1-6(2)4-5-11-8(10)12-7(3)9/h7H,1,4-5H2,2-3H3. The second-order valence-corrected chi connectivity index (χ2v) is 4.22. The molecule has 0 aliphatic heterocycles. The second kappa shape index (κ2) is 6.28. The minimum absolute atomic E-state index is 0.153. The molecule has 0 radical (unpaired) electrons. The van der Waals surface area contributed by atoms with Crippen LogP contribution in [0.4, 0.5) is 4.79 Å². The summed E-state index contributed by atoms with van der Waals surface area (Å²) in [6, 6.07) is 0. The lowest BCUT2D eigenvalue weighted by Crippen LogP contribution is -2.11. The number of ether oxygens (including phenoxy) is 2. The minimum Gasteiger partial charge on any atom is -0.434 e. The van der Waals surface area contributed by atoms with Crippen LogP contribution in [0.2, 0.25) is 0 Å². The first-order chi connectivity index (χ1) is 5.52. The molecule has 0 aromatic rings. The lowest BCUT2D eigenvalue weighted by molar-refractivity contribution is 0.0557. The third kappa shape index (κ3) is 7.84. The highest BCUT2D eigenvalue weighted by Gasteiger charge is 2.06. The van der Waals surface area contributed by atoms with Crippen molar-refractivity contribution in [1.29, 1.82) is 0 Å². The monoisotopic (exact) mass is 284 g/mol. The van der Waals surface area contributed by atoms with Gasteiger partial charge in [-0.1, -0.05) is 5.57 Å². The summed E-state index contributed by atoms with van der Waals surface area (Å²) in [6.07, 6.45) is 0.0724. The third-order valence-electron chi connectivity index (χ3n) is 1.01. The Labute approximate surface area is 86.3 Å². The Kier molecular flexibility index (Phi) is 6.14. The van der Waals surface area contributed by atoms with Gasteiger partial charge in [0.25, 0.3) is 0 Å². The van der Waals surface area contributed by atoms with Gasteiger partial charge in [0.15, 0.2) is 4.11 Å². The summed E-state index contributed by atoms with van der Waals surface area (Å²) in [4.78, 5) is 10.8. The van der Waals surface area contributed by atoms with Crippen molar-refractivity contribution in [3.05, 3.63) is 12.2 Å². The molecule has 0 amide bonds. The number of alkyl halides is 1. The van der Waals surface area contributed by atoms with E-state index in [0.717, 1.165) is 5.57 Å². The Balaban J connectivity index is 3.38. The number of hydrogen-bond acceptors (Lipinski definition) is 3. The summed E-state index contributed by atoms with van der Waals surface area (Å²) in [5.74, 6) is 0. The molecule has 12 heavy (non-hydrogen) atoms. The van der Waals surface area contributed by atoms with Gasteiger partial charge in [-0.15, -0.1) is 6.58 Å². The summed E-state index contributed by atoms with van der Waals surface area (Å²) >= 11 is 1.98. The topological polar surface area (TPSA) is 35.5 Å². The summed E-state index contributed by atoms with van der Waals surface area (Å²) in [7, 11) is 0. The van der Waals surface area contributed by atoms with Crippen molar-refractivity contribution in [2.75, 3.05) is 6.61 Å². The summed E-state index contributed by atoms with van der Waals surface area (Å²) in [5.41, 5.74) is 0.991. The van der Waals surface area contributed by atoms with Crippen LogP contribution in [-0.2, 0) is 9.47 Å². The normalized spacial score (nSPS) is 11.9. The molecule has 0 aliphatic rings. The van der Waals surface area contributed by atoms with E-state index in [-0.39, 0.29) is 4.11 Å². The van der Waals surface area contributed by atoms with Crippen molar-refractivity contribution < 1.29 is 14.3 Å². The van der Waals surface area contributed by atoms with Crippen LogP contribution in [-0.4, -0.2) is 16.9 Å². The van der Waals surface area contributed by atoms with Crippen LogP contribution in [0.1, 0.15) is 20.3 Å². The highest BCUT2D eigenvalue weighted by molar-refractivity contribution is 14.1. The van der Waals surface area contributed by atoms with Gasteiger partial charge < -0.3 is 9.47 Å². The molecule has 3 nitrogen and oxygen atoms in total. The molecule has 0 heterocycles. The zero-order valence-corrected chi connectivity index (χ0v) is 9.46. The fraction of sp³-hybridized carbons (Fsp3) is 0.625. The predicted molar refractivity (Wildman–Crippen MR) is 55.3 cm³/mol. The molecular weight excluding hydrogens is 271 g/mol. The van der Waals surface area contributed by atoms with Gasteiger partial charge in [0.05, 0.1) is 6.61 Å². The van der Waals surface area contributed by atoms with Crippen LogP contribution < -0.4 is 0 Å². The quantitative estimate of drug-likeness (QED) is 0.344. The van der Waals surface area contributed by atoms with Crippen molar-refractivity contribution in [2.24, 2.45) is 0 Å². The molecule has 0 aromatic carbocycles. The molecule has 4 heteroatoms. The van der Waals surface area contributed by atoms with E-state index in [1.54, 1.807) is 6.92 Å². The zero-order chi connectivity index (χ0) is 9.56. The molecule has 0 N–H and O–H groups in total. The minimum atomic E-state index is -0.613. The Morgan fingerprint density at radius 3 is 2.67 bits per heavy atom. The fourth-order valence-electron chi connectivity index (χ4n) is 0.475. The van der Waals surface area contributed by atoms with Crippen LogP contribution in [0.5, 0.6) is 0 Å². The maximum atomic E-state index is 10.8. The molecular formula is C8H13IO3. The Bertz CT molecular complexity index is 166. The maximum Gasteiger partial charge on any atom is 0.509 e. The second-order valence-electron chi connectivity index (χ2n) is 2.47. The Morgan fingerprint density at radius 2 is 2.25 bits per heavy atom. The fourth-order valence-corrected chi connectivity index (χ4v) is 0.683. The molecule has 0 fully saturated rings. The van der Waals surface area contributed by atoms with Crippen molar-refractivity contribution in [3.63, 3.8) is 0 Å². The third-order valence-corrected chi connectivity index (χ3v) is 1.26. The smallest absolute Gasteiger partial charge is 0.434 e. The van der Waals surface area contributed by atoms with Crippen molar-refractivity contribution >= 4 is 28.7 Å². The van der Waals surface area contributed by atoms with Crippen molar-refractivity contribution in [1.82, 2.24) is 0 Å². The van der Waals surface area contributed by atoms with Gasteiger partial charge in [-0.3, -0.25) is 0 Å². The Hall–Kier alpha value is -0.260. The largest absolute Gasteiger partial charge is 0.509 e. The van der Waals surface area contributed by atoms with E-state index in [2.05, 4.69) is 6.58 Å². The molecule has 1 unspecified atom stereocenters. The van der Waals surface area contributed by atoms with Gasteiger partial charge in [-0.2, -0.15) is 0 Å². The SMILES string of the molecule is C=C(C)CCOC(=O)OC(C)I. The molecule has 0 aromatic heterocycles. The number of rotatable bonds is 4. The summed E-state index contributed by atoms with van der Waals surface area (Å²) < 4.78 is 9.31. The van der Waals surface area contributed by atoms with E-state index in [0.29, 0.717) is 13.0 Å². The molecule has 1 atom stereocenters. The predicted octanol–water partition coefficient (Wildman–Crippen LogP) is 2.89. The molecule has 0 saturated carbocycles. The lowest BCUT2D eigenvalue weighted by atomic mass is 10.3. The van der Waals surface area contributed by atoms with E-state index in [4.69, 9.17) is 9.47 Å². The summed E-state index contributed by atoms with van der Waals surface area (Å²) in [6.45, 7) is 7.67. The number of carbonyl (C=O) groups is 1. The molecule has 0 aliphatic carbocycles. The zero-order valence-electron chi connectivity index (χ0n) is 7.30. The molecule has 0 spiro atoms. The lowest BCUT2D eigenvalue weighted by Gasteiger charge is -2.06. The molecule has 70 valence electrons. The van der Waals surface area contributed by atoms with Gasteiger partial charge >= 0.3 is 6.16 Å². The van der Waals surface area contributed by atoms with Crippen LogP contribution in [0, 0.1) is 0 Å². The number of hydrogen-bond donors (Lipinski definition) is 0. The number of halogens is 1. The molecule has 0 bridgehead atoms. The van der Waals surface area contributed by atoms with E-state index in [1.807, 2.05) is 29.5 Å². The van der Waals surface area contributed by atoms with Gasteiger partial charge in [0, 0.05) is 6.42 Å². The average Bonchev–Trinajstić information content (AvgIpc) is 1.84. The van der Waals surface area contributed by atoms with Gasteiger partial charge in [-0.05, 0) is 36.4 Å². The van der Waals surface area contributed by atoms with Crippen LogP contribution in [0.25, 0.3) is 0 Å². The first-order valence-electron chi connectivity index (χ1n) is 3.64. The van der Waals surface area contributed by atoms with Crippen LogP contribution >= 0.6 is 22.6 Å². The van der Waals surface area contributed by atoms with Crippen LogP contribution in [0.3, 0.4) is 0 Å². The average molecular weight is 284 g/mol. The van der Waals surface area contributed by atoms with E-state index < -0.39 is 6.16 Å². The van der Waals surface area contributed by atoms with Gasteiger partial charge in [-0.25, -0.2) is 4.79 Å².